The number of hydrogen-bond acceptors (Lipinski definition) is 4. The summed E-state index contributed by atoms with van der Waals surface area (Å²) in [7, 11) is 0. The monoisotopic (exact) mass is 770 g/mol. The van der Waals surface area contributed by atoms with Gasteiger partial charge in [0.15, 0.2) is 0 Å². The number of benzene rings is 9. The van der Waals surface area contributed by atoms with Gasteiger partial charge in [-0.15, -0.1) is 11.3 Å². The summed E-state index contributed by atoms with van der Waals surface area (Å²) in [5, 5.41) is 8.35. The predicted molar refractivity (Wildman–Crippen MR) is 250 cm³/mol. The van der Waals surface area contributed by atoms with Gasteiger partial charge in [-0.1, -0.05) is 158 Å². The lowest BCUT2D eigenvalue weighted by molar-refractivity contribution is 1.02. The van der Waals surface area contributed by atoms with Crippen molar-refractivity contribution in [2.45, 2.75) is 0 Å². The Bertz CT molecular complexity index is 3500. The van der Waals surface area contributed by atoms with Gasteiger partial charge in [0, 0.05) is 54.3 Å². The summed E-state index contributed by atoms with van der Waals surface area (Å²) in [5.74, 6) is 0.643. The minimum Gasteiger partial charge on any atom is -0.310 e. The minimum absolute atomic E-state index is 0.643. The molecule has 0 N–H and O–H groups in total. The fourth-order valence-corrected chi connectivity index (χ4v) is 10.3. The second-order valence-electron chi connectivity index (χ2n) is 15.0. The van der Waals surface area contributed by atoms with Crippen molar-refractivity contribution in [2.24, 2.45) is 0 Å². The molecule has 0 fully saturated rings. The van der Waals surface area contributed by atoms with Crippen LogP contribution < -0.4 is 4.90 Å². The first-order chi connectivity index (χ1) is 29.3. The van der Waals surface area contributed by atoms with Crippen LogP contribution in [0.15, 0.2) is 206 Å². The van der Waals surface area contributed by atoms with Gasteiger partial charge < -0.3 is 4.90 Å². The molecular formula is C54H34N4S. The first kappa shape index (κ1) is 33.5. The number of thiophene rings is 1. The van der Waals surface area contributed by atoms with E-state index >= 15 is 0 Å². The molecule has 0 aliphatic heterocycles. The van der Waals surface area contributed by atoms with Crippen molar-refractivity contribution in [2.75, 3.05) is 4.90 Å². The molecule has 5 heteroatoms. The van der Waals surface area contributed by atoms with Gasteiger partial charge in [-0.2, -0.15) is 0 Å². The molecule has 0 amide bonds. The third kappa shape index (κ3) is 5.36. The molecule has 3 aromatic heterocycles. The lowest BCUT2D eigenvalue weighted by Gasteiger charge is -2.25. The number of nitrogens with zero attached hydrogens (tertiary/aromatic N) is 4. The zero-order valence-electron chi connectivity index (χ0n) is 31.8. The summed E-state index contributed by atoms with van der Waals surface area (Å²) in [6.45, 7) is 0. The maximum atomic E-state index is 5.54. The van der Waals surface area contributed by atoms with Gasteiger partial charge in [0.05, 0.1) is 26.9 Å². The Morgan fingerprint density at radius 2 is 0.983 bits per heavy atom. The van der Waals surface area contributed by atoms with E-state index < -0.39 is 0 Å². The Hall–Kier alpha value is -7.60. The average molecular weight is 771 g/mol. The van der Waals surface area contributed by atoms with E-state index in [1.807, 2.05) is 11.3 Å². The van der Waals surface area contributed by atoms with Crippen LogP contribution in [0.25, 0.3) is 92.0 Å². The molecule has 0 aliphatic carbocycles. The van der Waals surface area contributed by atoms with E-state index in [0.29, 0.717) is 5.95 Å². The maximum Gasteiger partial charge on any atom is 0.235 e. The van der Waals surface area contributed by atoms with Gasteiger partial charge in [-0.3, -0.25) is 4.57 Å². The molecule has 0 radical (unpaired) electrons. The summed E-state index contributed by atoms with van der Waals surface area (Å²) in [5.41, 5.74) is 10.7. The van der Waals surface area contributed by atoms with Crippen LogP contribution in [0.1, 0.15) is 0 Å². The van der Waals surface area contributed by atoms with Crippen molar-refractivity contribution in [3.8, 4) is 28.3 Å². The van der Waals surface area contributed by atoms with Gasteiger partial charge in [-0.25, -0.2) is 9.97 Å². The van der Waals surface area contributed by atoms with Gasteiger partial charge in [0.2, 0.25) is 5.95 Å². The lowest BCUT2D eigenvalue weighted by atomic mass is 9.97. The van der Waals surface area contributed by atoms with Crippen molar-refractivity contribution in [3.05, 3.63) is 206 Å². The highest BCUT2D eigenvalue weighted by Crippen LogP contribution is 2.49. The van der Waals surface area contributed by atoms with Crippen LogP contribution in [0.4, 0.5) is 17.1 Å². The SMILES string of the molecule is c1ccc(-c2ccc3c(c2)sc2c3c3ccccc3c3c4ccc(N(c5ccccc5)c5ccccc5)cc4n(-c4nc(-c5ccccc5)c5ccccc5n4)c23)cc1. The zero-order valence-corrected chi connectivity index (χ0v) is 32.6. The molecule has 276 valence electrons. The Morgan fingerprint density at radius 1 is 0.407 bits per heavy atom. The van der Waals surface area contributed by atoms with Crippen LogP contribution in [0, 0.1) is 0 Å². The molecule has 0 aliphatic rings. The summed E-state index contributed by atoms with van der Waals surface area (Å²) < 4.78 is 4.82. The van der Waals surface area contributed by atoms with E-state index in [1.165, 1.54) is 47.5 Å². The van der Waals surface area contributed by atoms with Crippen LogP contribution in [-0.4, -0.2) is 14.5 Å². The summed E-state index contributed by atoms with van der Waals surface area (Å²) in [6.07, 6.45) is 0. The van der Waals surface area contributed by atoms with Crippen molar-refractivity contribution in [3.63, 3.8) is 0 Å². The zero-order chi connectivity index (χ0) is 38.9. The molecule has 9 aromatic carbocycles. The largest absolute Gasteiger partial charge is 0.310 e. The Morgan fingerprint density at radius 3 is 1.68 bits per heavy atom. The molecule has 0 spiro atoms. The van der Waals surface area contributed by atoms with E-state index in [0.717, 1.165) is 55.6 Å². The number of rotatable bonds is 6. The van der Waals surface area contributed by atoms with Gasteiger partial charge in [0.25, 0.3) is 0 Å². The molecule has 0 atom stereocenters. The summed E-state index contributed by atoms with van der Waals surface area (Å²) in [4.78, 5) is 13.3. The third-order valence-electron chi connectivity index (χ3n) is 11.6. The molecule has 3 heterocycles. The van der Waals surface area contributed by atoms with E-state index in [-0.39, 0.29) is 0 Å². The standard InChI is InChI=1S/C54H34N4S/c1-5-17-35(18-6-1)37-29-31-45-48(33-37)59-53-50(45)42-26-14-13-25-41(42)49-44-32-30-40(57(38-21-9-3-10-22-38)39-23-11-4-12-24-39)34-47(44)58(52(49)53)54-55-46-28-16-15-27-43(46)51(56-54)36-19-7-2-8-20-36/h1-34H. The number of anilines is 3. The third-order valence-corrected chi connectivity index (χ3v) is 12.7. The normalized spacial score (nSPS) is 11.7. The molecule has 0 saturated heterocycles. The fourth-order valence-electron chi connectivity index (χ4n) is 8.95. The van der Waals surface area contributed by atoms with Crippen molar-refractivity contribution >= 4 is 92.1 Å². The van der Waals surface area contributed by atoms with E-state index in [9.17, 15) is 0 Å². The highest BCUT2D eigenvalue weighted by Gasteiger charge is 2.25. The van der Waals surface area contributed by atoms with Crippen molar-refractivity contribution < 1.29 is 0 Å². The first-order valence-electron chi connectivity index (χ1n) is 19.9. The molecule has 0 saturated carbocycles. The second kappa shape index (κ2) is 13.5. The minimum atomic E-state index is 0.643. The van der Waals surface area contributed by atoms with Crippen molar-refractivity contribution in [1.82, 2.24) is 14.5 Å². The summed E-state index contributed by atoms with van der Waals surface area (Å²) in [6, 6.07) is 73.5. The van der Waals surface area contributed by atoms with Gasteiger partial charge in [-0.05, 0) is 70.4 Å². The van der Waals surface area contributed by atoms with Crippen LogP contribution in [0.2, 0.25) is 0 Å². The van der Waals surface area contributed by atoms with Crippen LogP contribution in [0.5, 0.6) is 0 Å². The predicted octanol–water partition coefficient (Wildman–Crippen LogP) is 15.1. The van der Waals surface area contributed by atoms with Crippen LogP contribution >= 0.6 is 11.3 Å². The summed E-state index contributed by atoms with van der Waals surface area (Å²) >= 11 is 1.86. The second-order valence-corrected chi connectivity index (χ2v) is 16.0. The molecule has 12 rings (SSSR count). The number of para-hydroxylation sites is 3. The Balaban J connectivity index is 1.25. The smallest absolute Gasteiger partial charge is 0.235 e. The average Bonchev–Trinajstić information content (AvgIpc) is 3.86. The molecule has 4 nitrogen and oxygen atoms in total. The molecule has 0 bridgehead atoms. The van der Waals surface area contributed by atoms with E-state index in [2.05, 4.69) is 216 Å². The number of fused-ring (bicyclic) bond motifs is 11. The van der Waals surface area contributed by atoms with Gasteiger partial charge in [0.1, 0.15) is 0 Å². The lowest BCUT2D eigenvalue weighted by Crippen LogP contribution is -2.10. The molecule has 59 heavy (non-hydrogen) atoms. The Labute approximate surface area is 344 Å². The molecule has 12 aromatic rings. The fraction of sp³-hybridized carbons (Fsp3) is 0. The highest BCUT2D eigenvalue weighted by atomic mass is 32.1. The van der Waals surface area contributed by atoms with Gasteiger partial charge >= 0.3 is 0 Å². The highest BCUT2D eigenvalue weighted by molar-refractivity contribution is 7.27. The molecular weight excluding hydrogens is 737 g/mol. The first-order valence-corrected chi connectivity index (χ1v) is 20.7. The quantitative estimate of drug-likeness (QED) is 0.169. The Kier molecular flexibility index (Phi) is 7.68. The van der Waals surface area contributed by atoms with Crippen molar-refractivity contribution in [1.29, 1.82) is 0 Å². The number of aromatic nitrogens is 3. The topological polar surface area (TPSA) is 34.0 Å². The molecule has 0 unspecified atom stereocenters. The van der Waals surface area contributed by atoms with E-state index in [4.69, 9.17) is 9.97 Å². The van der Waals surface area contributed by atoms with Crippen LogP contribution in [-0.2, 0) is 0 Å². The van der Waals surface area contributed by atoms with Crippen LogP contribution in [0.3, 0.4) is 0 Å². The van der Waals surface area contributed by atoms with E-state index in [1.54, 1.807) is 0 Å². The number of hydrogen-bond donors (Lipinski definition) is 0. The maximum absolute atomic E-state index is 5.54.